The fourth-order valence-corrected chi connectivity index (χ4v) is 4.13. The van der Waals surface area contributed by atoms with Crippen molar-refractivity contribution in [1.29, 1.82) is 0 Å². The summed E-state index contributed by atoms with van der Waals surface area (Å²) in [5.74, 6) is -1.25. The van der Waals surface area contributed by atoms with Crippen LogP contribution in [-0.4, -0.2) is 58.3 Å². The summed E-state index contributed by atoms with van der Waals surface area (Å²) < 4.78 is 37.6. The molecule has 2 aliphatic heterocycles. The zero-order valence-electron chi connectivity index (χ0n) is 18.8. The number of nitrogens with one attached hydrogen (secondary N) is 1. The third-order valence-electron chi connectivity index (χ3n) is 5.80. The molecule has 1 aromatic carbocycles. The van der Waals surface area contributed by atoms with Gasteiger partial charge in [0.15, 0.2) is 17.7 Å². The maximum absolute atomic E-state index is 12.5. The molecule has 2 aliphatic rings. The number of alkyl halides is 3. The molecule has 2 aromatic rings. The number of hydrogen-bond donors (Lipinski definition) is 3. The second-order valence-electron chi connectivity index (χ2n) is 7.84. The molecule has 0 bridgehead atoms. The topological polar surface area (TPSA) is 115 Å². The van der Waals surface area contributed by atoms with Crippen LogP contribution < -0.4 is 15.8 Å². The van der Waals surface area contributed by atoms with Crippen LogP contribution in [0.4, 0.5) is 13.2 Å². The van der Waals surface area contributed by atoms with E-state index in [1.807, 2.05) is 0 Å². The van der Waals surface area contributed by atoms with E-state index in [9.17, 15) is 37.8 Å². The zero-order chi connectivity index (χ0) is 25.4. The lowest BCUT2D eigenvalue weighted by Crippen LogP contribution is -2.58. The molecular formula is C22H25F3N4O5. The number of carbonyl (C=O) groups is 2. The molecule has 3 heterocycles. The van der Waals surface area contributed by atoms with Gasteiger partial charge in [-0.1, -0.05) is 12.1 Å². The SMILES string of the molecule is CCN1C(=O)c2c(O)c(=O)c(C=O)c3n2N(CC3O)C1C.CNCc1ccc(C(F)(F)F)cc1. The molecular weight excluding hydrogens is 457 g/mol. The Bertz CT molecular complexity index is 1150. The molecule has 0 fully saturated rings. The van der Waals surface area contributed by atoms with Crippen molar-refractivity contribution in [3.63, 3.8) is 0 Å². The largest absolute Gasteiger partial charge is 0.502 e. The summed E-state index contributed by atoms with van der Waals surface area (Å²) in [5, 5.41) is 24.7. The van der Waals surface area contributed by atoms with E-state index in [4.69, 9.17) is 0 Å². The first-order valence-corrected chi connectivity index (χ1v) is 10.5. The van der Waals surface area contributed by atoms with Crippen LogP contribution in [0.2, 0.25) is 0 Å². The Hall–Kier alpha value is -3.38. The Morgan fingerprint density at radius 1 is 1.21 bits per heavy atom. The van der Waals surface area contributed by atoms with Gasteiger partial charge in [0.25, 0.3) is 5.91 Å². The number of benzene rings is 1. The summed E-state index contributed by atoms with van der Waals surface area (Å²) in [6.45, 7) is 4.68. The van der Waals surface area contributed by atoms with E-state index in [-0.39, 0.29) is 29.7 Å². The molecule has 0 saturated heterocycles. The van der Waals surface area contributed by atoms with E-state index >= 15 is 0 Å². The number of amides is 1. The molecule has 12 heteroatoms. The van der Waals surface area contributed by atoms with Crippen molar-refractivity contribution in [3.8, 4) is 5.75 Å². The van der Waals surface area contributed by atoms with Crippen LogP contribution in [0.1, 0.15) is 57.6 Å². The maximum atomic E-state index is 12.5. The minimum absolute atomic E-state index is 0.0683. The first-order chi connectivity index (χ1) is 16.0. The Morgan fingerprint density at radius 2 is 1.82 bits per heavy atom. The van der Waals surface area contributed by atoms with E-state index < -0.39 is 34.9 Å². The predicted octanol–water partition coefficient (Wildman–Crippen LogP) is 1.60. The van der Waals surface area contributed by atoms with Crippen molar-refractivity contribution in [2.24, 2.45) is 0 Å². The summed E-state index contributed by atoms with van der Waals surface area (Å²) in [4.78, 5) is 37.1. The molecule has 2 atom stereocenters. The summed E-state index contributed by atoms with van der Waals surface area (Å²) in [6, 6.07) is 5.12. The highest BCUT2D eigenvalue weighted by Crippen LogP contribution is 2.34. The highest BCUT2D eigenvalue weighted by Gasteiger charge is 2.45. The van der Waals surface area contributed by atoms with Crippen LogP contribution in [-0.2, 0) is 12.7 Å². The number of rotatable bonds is 4. The minimum Gasteiger partial charge on any atom is -0.502 e. The summed E-state index contributed by atoms with van der Waals surface area (Å²) in [6.07, 6.45) is -5.35. The molecule has 9 nitrogen and oxygen atoms in total. The smallest absolute Gasteiger partial charge is 0.416 e. The minimum atomic E-state index is -4.24. The second kappa shape index (κ2) is 9.47. The quantitative estimate of drug-likeness (QED) is 0.567. The number of aliphatic hydroxyl groups is 1. The standard InChI is InChI=1S/C13H15N3O5.C9H10F3N/c1-3-14-6(2)15-4-8(18)9-7(5-17)11(19)12(20)10(13(14)21)16(9)15;1-13-6-7-2-4-8(5-3-7)9(10,11)12/h5-6,8,18,20H,3-4H2,1-2H3;2-5,13H,6H2,1H3. The number of aromatic nitrogens is 1. The van der Waals surface area contributed by atoms with Gasteiger partial charge in [-0.25, -0.2) is 4.68 Å². The lowest BCUT2D eigenvalue weighted by Gasteiger charge is -2.42. The van der Waals surface area contributed by atoms with Crippen LogP contribution in [0, 0.1) is 0 Å². The van der Waals surface area contributed by atoms with Crippen molar-refractivity contribution < 1.29 is 33.0 Å². The lowest BCUT2D eigenvalue weighted by molar-refractivity contribution is -0.137. The number of aliphatic hydroxyl groups excluding tert-OH is 1. The maximum Gasteiger partial charge on any atom is 0.416 e. The van der Waals surface area contributed by atoms with Gasteiger partial charge < -0.3 is 20.4 Å². The summed E-state index contributed by atoms with van der Waals surface area (Å²) in [7, 11) is 1.75. The first kappa shape index (κ1) is 25.2. The van der Waals surface area contributed by atoms with Gasteiger partial charge in [0.2, 0.25) is 5.43 Å². The van der Waals surface area contributed by atoms with Gasteiger partial charge >= 0.3 is 6.18 Å². The van der Waals surface area contributed by atoms with Crippen molar-refractivity contribution in [3.05, 3.63) is 62.6 Å². The predicted molar refractivity (Wildman–Crippen MR) is 116 cm³/mol. The normalized spacial score (nSPS) is 19.0. The van der Waals surface area contributed by atoms with E-state index in [0.29, 0.717) is 19.4 Å². The Morgan fingerprint density at radius 3 is 2.32 bits per heavy atom. The van der Waals surface area contributed by atoms with Crippen LogP contribution >= 0.6 is 0 Å². The average molecular weight is 482 g/mol. The molecule has 2 unspecified atom stereocenters. The molecule has 1 amide bonds. The van der Waals surface area contributed by atoms with E-state index in [2.05, 4.69) is 5.32 Å². The summed E-state index contributed by atoms with van der Waals surface area (Å²) in [5.41, 5.74) is -1.12. The monoisotopic (exact) mass is 482 g/mol. The highest BCUT2D eigenvalue weighted by molar-refractivity contribution is 5.97. The fraction of sp³-hybridized carbons (Fsp3) is 0.409. The van der Waals surface area contributed by atoms with E-state index in [1.54, 1.807) is 25.9 Å². The van der Waals surface area contributed by atoms with Gasteiger partial charge in [0, 0.05) is 13.1 Å². The third kappa shape index (κ3) is 4.26. The number of nitrogens with zero attached hydrogens (tertiary/aromatic N) is 3. The third-order valence-corrected chi connectivity index (χ3v) is 5.80. The molecule has 0 radical (unpaired) electrons. The van der Waals surface area contributed by atoms with Gasteiger partial charge in [0.1, 0.15) is 12.3 Å². The van der Waals surface area contributed by atoms with Crippen LogP contribution in [0.15, 0.2) is 29.1 Å². The lowest BCUT2D eigenvalue weighted by atomic mass is 10.1. The number of aldehydes is 1. The van der Waals surface area contributed by atoms with Gasteiger partial charge in [-0.05, 0) is 38.6 Å². The Labute approximate surface area is 193 Å². The van der Waals surface area contributed by atoms with Crippen molar-refractivity contribution in [1.82, 2.24) is 14.9 Å². The molecule has 0 saturated carbocycles. The van der Waals surface area contributed by atoms with Gasteiger partial charge in [0.05, 0.1) is 23.4 Å². The van der Waals surface area contributed by atoms with Crippen LogP contribution in [0.25, 0.3) is 0 Å². The second-order valence-corrected chi connectivity index (χ2v) is 7.84. The van der Waals surface area contributed by atoms with Crippen molar-refractivity contribution in [2.75, 3.05) is 25.1 Å². The number of hydrogen-bond acceptors (Lipinski definition) is 7. The van der Waals surface area contributed by atoms with Crippen molar-refractivity contribution in [2.45, 2.75) is 38.8 Å². The first-order valence-electron chi connectivity index (χ1n) is 10.5. The molecule has 3 N–H and O–H groups in total. The molecule has 1 aromatic heterocycles. The van der Waals surface area contributed by atoms with Gasteiger partial charge in [-0.3, -0.25) is 19.4 Å². The van der Waals surface area contributed by atoms with Gasteiger partial charge in [-0.15, -0.1) is 0 Å². The van der Waals surface area contributed by atoms with E-state index in [0.717, 1.165) is 17.7 Å². The molecule has 0 aliphatic carbocycles. The summed E-state index contributed by atoms with van der Waals surface area (Å²) >= 11 is 0. The fourth-order valence-electron chi connectivity index (χ4n) is 4.13. The Balaban J connectivity index is 0.000000215. The Kier molecular flexibility index (Phi) is 7.03. The molecule has 184 valence electrons. The zero-order valence-corrected chi connectivity index (χ0v) is 18.8. The number of carbonyl (C=O) groups excluding carboxylic acids is 2. The van der Waals surface area contributed by atoms with E-state index in [1.165, 1.54) is 21.7 Å². The van der Waals surface area contributed by atoms with Crippen molar-refractivity contribution >= 4 is 12.2 Å². The van der Waals surface area contributed by atoms with Crippen LogP contribution in [0.5, 0.6) is 5.75 Å². The molecule has 34 heavy (non-hydrogen) atoms. The number of aromatic hydroxyl groups is 1. The average Bonchev–Trinajstić information content (AvgIpc) is 3.12. The van der Waals surface area contributed by atoms with Gasteiger partial charge in [-0.2, -0.15) is 13.2 Å². The molecule has 4 rings (SSSR count). The number of halogens is 3. The number of pyridine rings is 1. The van der Waals surface area contributed by atoms with Crippen LogP contribution in [0.3, 0.4) is 0 Å². The highest BCUT2D eigenvalue weighted by atomic mass is 19.4. The molecule has 0 spiro atoms.